The van der Waals surface area contributed by atoms with Gasteiger partial charge in [-0.25, -0.2) is 0 Å². The van der Waals surface area contributed by atoms with Crippen LogP contribution < -0.4 is 5.73 Å². The Morgan fingerprint density at radius 1 is 1.11 bits per heavy atom. The smallest absolute Gasteiger partial charge is 0.0234 e. The fourth-order valence-electron chi connectivity index (χ4n) is 2.98. The first-order chi connectivity index (χ1) is 8.67. The van der Waals surface area contributed by atoms with Crippen molar-refractivity contribution < 1.29 is 0 Å². The van der Waals surface area contributed by atoms with E-state index in [1.54, 1.807) is 0 Å². The van der Waals surface area contributed by atoms with Crippen LogP contribution in [0.2, 0.25) is 0 Å². The second-order valence-corrected chi connectivity index (χ2v) is 7.73. The van der Waals surface area contributed by atoms with Gasteiger partial charge in [0, 0.05) is 6.04 Å². The van der Waals surface area contributed by atoms with Gasteiger partial charge in [0.1, 0.15) is 0 Å². The minimum absolute atomic E-state index is 0.195. The van der Waals surface area contributed by atoms with Gasteiger partial charge in [0.25, 0.3) is 0 Å². The Hall–Kier alpha value is -1.08. The highest BCUT2D eigenvalue weighted by Gasteiger charge is 2.27. The normalized spacial score (nSPS) is 23.1. The minimum Gasteiger partial charge on any atom is -0.324 e. The zero-order chi connectivity index (χ0) is 14.3. The molecule has 0 heterocycles. The van der Waals surface area contributed by atoms with Gasteiger partial charge in [-0.15, -0.1) is 0 Å². The predicted octanol–water partition coefficient (Wildman–Crippen LogP) is 4.51. The summed E-state index contributed by atoms with van der Waals surface area (Å²) in [5.41, 5.74) is 10.8. The summed E-state index contributed by atoms with van der Waals surface area (Å²) < 4.78 is 0. The summed E-state index contributed by atoms with van der Waals surface area (Å²) in [7, 11) is 0. The average Bonchev–Trinajstić information content (AvgIpc) is 2.25. The quantitative estimate of drug-likeness (QED) is 0.786. The van der Waals surface area contributed by atoms with Gasteiger partial charge in [0.05, 0.1) is 0 Å². The van der Waals surface area contributed by atoms with Crippen LogP contribution in [0.4, 0.5) is 0 Å². The molecule has 0 saturated heterocycles. The lowest BCUT2D eigenvalue weighted by molar-refractivity contribution is 0.319. The first-order valence-electron chi connectivity index (χ1n) is 7.25. The van der Waals surface area contributed by atoms with E-state index in [1.165, 1.54) is 16.7 Å². The molecule has 1 aliphatic rings. The maximum atomic E-state index is 6.16. The molecule has 0 spiro atoms. The molecular weight excluding hydrogens is 230 g/mol. The molecule has 0 radical (unpaired) electrons. The summed E-state index contributed by atoms with van der Waals surface area (Å²) in [6.07, 6.45) is 4.45. The van der Waals surface area contributed by atoms with Crippen LogP contribution in [0, 0.1) is 5.41 Å². The van der Waals surface area contributed by atoms with Crippen LogP contribution in [0.25, 0.3) is 5.57 Å². The van der Waals surface area contributed by atoms with Gasteiger partial charge in [-0.1, -0.05) is 65.0 Å². The molecule has 1 aliphatic carbocycles. The van der Waals surface area contributed by atoms with E-state index in [-0.39, 0.29) is 11.5 Å². The lowest BCUT2D eigenvalue weighted by Crippen LogP contribution is -2.30. The lowest BCUT2D eigenvalue weighted by atomic mass is 9.74. The van der Waals surface area contributed by atoms with E-state index in [1.807, 2.05) is 0 Å². The zero-order valence-electron chi connectivity index (χ0n) is 13.0. The highest BCUT2D eigenvalue weighted by Crippen LogP contribution is 2.39. The standard InChI is InChI=1S/C18H27N/c1-17(2,3)15-8-6-13(7-9-15)14-10-16(19)12-18(4,5)11-14/h6-10,16H,11-12,19H2,1-5H3. The number of nitrogens with two attached hydrogens (primary N) is 1. The van der Waals surface area contributed by atoms with Crippen molar-refractivity contribution in [2.24, 2.45) is 11.1 Å². The number of benzene rings is 1. The van der Waals surface area contributed by atoms with Crippen molar-refractivity contribution in [2.45, 2.75) is 58.9 Å². The highest BCUT2D eigenvalue weighted by molar-refractivity contribution is 5.68. The maximum absolute atomic E-state index is 6.16. The third-order valence-corrected chi connectivity index (χ3v) is 3.99. The molecular formula is C18H27N. The van der Waals surface area contributed by atoms with Gasteiger partial charge in [0.2, 0.25) is 0 Å². The molecule has 1 aromatic carbocycles. The van der Waals surface area contributed by atoms with Crippen LogP contribution in [-0.2, 0) is 5.41 Å². The number of allylic oxidation sites excluding steroid dienone is 1. The van der Waals surface area contributed by atoms with Gasteiger partial charge in [-0.05, 0) is 40.4 Å². The summed E-state index contributed by atoms with van der Waals surface area (Å²) in [4.78, 5) is 0. The Bertz CT molecular complexity index is 471. The number of hydrogen-bond acceptors (Lipinski definition) is 1. The second kappa shape index (κ2) is 4.79. The number of hydrogen-bond donors (Lipinski definition) is 1. The van der Waals surface area contributed by atoms with Crippen LogP contribution in [0.1, 0.15) is 58.6 Å². The Labute approximate surface area is 117 Å². The van der Waals surface area contributed by atoms with Crippen molar-refractivity contribution in [3.05, 3.63) is 41.5 Å². The molecule has 0 fully saturated rings. The van der Waals surface area contributed by atoms with E-state index in [0.29, 0.717) is 5.41 Å². The Kier molecular flexibility index (Phi) is 3.61. The van der Waals surface area contributed by atoms with Crippen molar-refractivity contribution in [2.75, 3.05) is 0 Å². The summed E-state index contributed by atoms with van der Waals surface area (Å²) in [5, 5.41) is 0. The zero-order valence-corrected chi connectivity index (χ0v) is 13.0. The fraction of sp³-hybridized carbons (Fsp3) is 0.556. The maximum Gasteiger partial charge on any atom is 0.0234 e. The molecule has 1 heteroatoms. The SMILES string of the molecule is CC1(C)CC(c2ccc(C(C)(C)C)cc2)=CC(N)C1. The van der Waals surface area contributed by atoms with Crippen molar-refractivity contribution in [3.8, 4) is 0 Å². The summed E-state index contributed by atoms with van der Waals surface area (Å²) >= 11 is 0. The summed E-state index contributed by atoms with van der Waals surface area (Å²) in [5.74, 6) is 0. The van der Waals surface area contributed by atoms with E-state index in [0.717, 1.165) is 12.8 Å². The van der Waals surface area contributed by atoms with Crippen molar-refractivity contribution in [3.63, 3.8) is 0 Å². The molecule has 1 unspecified atom stereocenters. The molecule has 0 aliphatic heterocycles. The molecule has 2 rings (SSSR count). The monoisotopic (exact) mass is 257 g/mol. The predicted molar refractivity (Wildman–Crippen MR) is 84.1 cm³/mol. The van der Waals surface area contributed by atoms with Crippen molar-refractivity contribution in [1.82, 2.24) is 0 Å². The third-order valence-electron chi connectivity index (χ3n) is 3.99. The van der Waals surface area contributed by atoms with E-state index >= 15 is 0 Å². The molecule has 2 N–H and O–H groups in total. The average molecular weight is 257 g/mol. The Balaban J connectivity index is 2.28. The van der Waals surface area contributed by atoms with Gasteiger partial charge in [-0.2, -0.15) is 0 Å². The molecule has 0 bridgehead atoms. The molecule has 1 nitrogen and oxygen atoms in total. The molecule has 0 saturated carbocycles. The molecule has 19 heavy (non-hydrogen) atoms. The number of rotatable bonds is 1. The largest absolute Gasteiger partial charge is 0.324 e. The first-order valence-corrected chi connectivity index (χ1v) is 7.25. The topological polar surface area (TPSA) is 26.0 Å². The summed E-state index contributed by atoms with van der Waals surface area (Å²) in [6.45, 7) is 11.4. The van der Waals surface area contributed by atoms with Crippen LogP contribution in [0.15, 0.2) is 30.3 Å². The summed E-state index contributed by atoms with van der Waals surface area (Å²) in [6, 6.07) is 9.20. The highest BCUT2D eigenvalue weighted by atomic mass is 14.6. The van der Waals surface area contributed by atoms with Gasteiger partial charge >= 0.3 is 0 Å². The lowest BCUT2D eigenvalue weighted by Gasteiger charge is -2.33. The van der Waals surface area contributed by atoms with E-state index < -0.39 is 0 Å². The van der Waals surface area contributed by atoms with Crippen molar-refractivity contribution in [1.29, 1.82) is 0 Å². The molecule has 104 valence electrons. The van der Waals surface area contributed by atoms with Crippen LogP contribution in [0.3, 0.4) is 0 Å². The van der Waals surface area contributed by atoms with Crippen LogP contribution in [-0.4, -0.2) is 6.04 Å². The van der Waals surface area contributed by atoms with Crippen LogP contribution in [0.5, 0.6) is 0 Å². The van der Waals surface area contributed by atoms with E-state index in [2.05, 4.69) is 65.0 Å². The third kappa shape index (κ3) is 3.48. The second-order valence-electron chi connectivity index (χ2n) is 7.73. The van der Waals surface area contributed by atoms with Gasteiger partial charge in [-0.3, -0.25) is 0 Å². The first kappa shape index (κ1) is 14.3. The van der Waals surface area contributed by atoms with Gasteiger partial charge in [0.15, 0.2) is 0 Å². The van der Waals surface area contributed by atoms with Crippen molar-refractivity contribution >= 4 is 5.57 Å². The minimum atomic E-state index is 0.195. The van der Waals surface area contributed by atoms with Gasteiger partial charge < -0.3 is 5.73 Å². The van der Waals surface area contributed by atoms with E-state index in [9.17, 15) is 0 Å². The van der Waals surface area contributed by atoms with E-state index in [4.69, 9.17) is 5.73 Å². The Morgan fingerprint density at radius 3 is 2.16 bits per heavy atom. The fourth-order valence-corrected chi connectivity index (χ4v) is 2.98. The molecule has 1 aromatic rings. The van der Waals surface area contributed by atoms with Crippen LogP contribution >= 0.6 is 0 Å². The molecule has 0 aromatic heterocycles. The molecule has 1 atom stereocenters. The Morgan fingerprint density at radius 2 is 1.68 bits per heavy atom. The molecule has 0 amide bonds.